The minimum absolute atomic E-state index is 0.219. The Morgan fingerprint density at radius 3 is 2.58 bits per heavy atom. The zero-order valence-corrected chi connectivity index (χ0v) is 19.4. The molecule has 1 aliphatic rings. The number of fused-ring (bicyclic) bond motifs is 3. The van der Waals surface area contributed by atoms with E-state index in [1.165, 1.54) is 0 Å². The second kappa shape index (κ2) is 9.89. The van der Waals surface area contributed by atoms with Gasteiger partial charge in [-0.1, -0.05) is 24.1 Å². The first-order chi connectivity index (χ1) is 15.8. The number of carbonyl (C=O) groups excluding carboxylic acids is 1. The van der Waals surface area contributed by atoms with E-state index < -0.39 is 10.0 Å². The number of aryl methyl sites for hydroxylation is 2. The maximum absolute atomic E-state index is 12.3. The summed E-state index contributed by atoms with van der Waals surface area (Å²) in [6, 6.07) is 11.8. The van der Waals surface area contributed by atoms with Crippen molar-refractivity contribution in [3.05, 3.63) is 69.6 Å². The summed E-state index contributed by atoms with van der Waals surface area (Å²) >= 11 is 0. The van der Waals surface area contributed by atoms with Gasteiger partial charge in [0, 0.05) is 30.0 Å². The van der Waals surface area contributed by atoms with Crippen molar-refractivity contribution < 1.29 is 22.4 Å². The van der Waals surface area contributed by atoms with Crippen molar-refractivity contribution in [2.75, 3.05) is 6.54 Å². The summed E-state index contributed by atoms with van der Waals surface area (Å²) in [5.74, 6) is -0.0300. The molecule has 1 heterocycles. The summed E-state index contributed by atoms with van der Waals surface area (Å²) in [4.78, 5) is 24.5. The molecule has 0 unspecified atom stereocenters. The van der Waals surface area contributed by atoms with Crippen LogP contribution in [0, 0.1) is 6.92 Å². The van der Waals surface area contributed by atoms with Gasteiger partial charge < -0.3 is 9.15 Å². The monoisotopic (exact) mass is 469 g/mol. The largest absolute Gasteiger partial charge is 0.426 e. The van der Waals surface area contributed by atoms with Crippen LogP contribution in [0.3, 0.4) is 0 Å². The highest BCUT2D eigenvalue weighted by atomic mass is 32.2. The molecule has 1 aliphatic carbocycles. The average Bonchev–Trinajstić information content (AvgIpc) is 3.27. The van der Waals surface area contributed by atoms with Gasteiger partial charge in [-0.3, -0.25) is 4.79 Å². The van der Waals surface area contributed by atoms with E-state index in [1.807, 2.05) is 13.0 Å². The molecule has 174 valence electrons. The van der Waals surface area contributed by atoms with E-state index in [2.05, 4.69) is 4.72 Å². The van der Waals surface area contributed by atoms with E-state index in [-0.39, 0.29) is 22.9 Å². The third kappa shape index (κ3) is 5.51. The van der Waals surface area contributed by atoms with Crippen molar-refractivity contribution in [2.24, 2.45) is 0 Å². The van der Waals surface area contributed by atoms with Crippen LogP contribution in [0.25, 0.3) is 11.0 Å². The molecule has 0 amide bonds. The van der Waals surface area contributed by atoms with Crippen LogP contribution in [-0.4, -0.2) is 20.9 Å². The molecule has 3 aromatic rings. The molecule has 0 saturated heterocycles. The molecule has 0 saturated carbocycles. The van der Waals surface area contributed by atoms with Gasteiger partial charge in [-0.2, -0.15) is 0 Å². The predicted molar refractivity (Wildman–Crippen MR) is 125 cm³/mol. The van der Waals surface area contributed by atoms with Crippen LogP contribution in [0.5, 0.6) is 5.75 Å². The number of sulfonamides is 1. The quantitative estimate of drug-likeness (QED) is 0.220. The van der Waals surface area contributed by atoms with Crippen LogP contribution in [0.4, 0.5) is 0 Å². The molecule has 4 rings (SSSR count). The third-order valence-corrected chi connectivity index (χ3v) is 7.33. The first kappa shape index (κ1) is 23.2. The number of benzene rings is 2. The van der Waals surface area contributed by atoms with Crippen molar-refractivity contribution >= 4 is 27.0 Å². The topological polar surface area (TPSA) is 103 Å². The molecule has 0 atom stereocenters. The Balaban J connectivity index is 1.22. The smallest absolute Gasteiger partial charge is 0.339 e. The van der Waals surface area contributed by atoms with Crippen LogP contribution in [0.2, 0.25) is 0 Å². The molecular formula is C25H27NO6S. The summed E-state index contributed by atoms with van der Waals surface area (Å²) in [5, 5.41) is 0.898. The number of unbranched alkanes of at least 4 members (excludes halogenated alkanes) is 2. The second-order valence-electron chi connectivity index (χ2n) is 8.35. The molecule has 0 fully saturated rings. The number of esters is 1. The normalized spacial score (nSPS) is 13.2. The van der Waals surface area contributed by atoms with Crippen LogP contribution < -0.4 is 15.1 Å². The Bertz CT molecular complexity index is 1330. The van der Waals surface area contributed by atoms with E-state index in [1.54, 1.807) is 36.4 Å². The highest BCUT2D eigenvalue weighted by Crippen LogP contribution is 2.29. The van der Waals surface area contributed by atoms with Crippen LogP contribution in [0.1, 0.15) is 48.8 Å². The highest BCUT2D eigenvalue weighted by molar-refractivity contribution is 7.89. The maximum atomic E-state index is 12.3. The van der Waals surface area contributed by atoms with Gasteiger partial charge in [0.15, 0.2) is 0 Å². The molecule has 0 spiro atoms. The lowest BCUT2D eigenvalue weighted by atomic mass is 10.1. The molecule has 8 heteroatoms. The fourth-order valence-corrected chi connectivity index (χ4v) is 5.16. The van der Waals surface area contributed by atoms with Gasteiger partial charge in [0.2, 0.25) is 10.0 Å². The van der Waals surface area contributed by atoms with E-state index in [0.717, 1.165) is 41.3 Å². The Kier molecular flexibility index (Phi) is 6.95. The number of hydrogen-bond acceptors (Lipinski definition) is 6. The molecule has 1 N–H and O–H groups in total. The van der Waals surface area contributed by atoms with Crippen LogP contribution in [-0.2, 0) is 27.7 Å². The van der Waals surface area contributed by atoms with Crippen molar-refractivity contribution in [3.8, 4) is 5.75 Å². The van der Waals surface area contributed by atoms with Gasteiger partial charge in [0.25, 0.3) is 0 Å². The highest BCUT2D eigenvalue weighted by Gasteiger charge is 2.20. The number of nitrogens with one attached hydrogen (secondary N) is 1. The van der Waals surface area contributed by atoms with E-state index in [0.29, 0.717) is 37.1 Å². The van der Waals surface area contributed by atoms with E-state index in [9.17, 15) is 18.0 Å². The zero-order chi connectivity index (χ0) is 23.4. The molecule has 7 nitrogen and oxygen atoms in total. The lowest BCUT2D eigenvalue weighted by Crippen LogP contribution is -2.24. The summed E-state index contributed by atoms with van der Waals surface area (Å²) in [6.45, 7) is 2.21. The molecular weight excluding hydrogens is 442 g/mol. The van der Waals surface area contributed by atoms with Gasteiger partial charge in [0.1, 0.15) is 11.3 Å². The average molecular weight is 470 g/mol. The summed E-state index contributed by atoms with van der Waals surface area (Å²) in [7, 11) is -3.52. The first-order valence-electron chi connectivity index (χ1n) is 11.2. The van der Waals surface area contributed by atoms with Gasteiger partial charge in [0.05, 0.1) is 4.90 Å². The van der Waals surface area contributed by atoms with Gasteiger partial charge in [-0.05, 0) is 68.9 Å². The predicted octanol–water partition coefficient (Wildman–Crippen LogP) is 4.03. The number of rotatable bonds is 9. The van der Waals surface area contributed by atoms with Crippen molar-refractivity contribution in [2.45, 2.75) is 56.8 Å². The minimum Gasteiger partial charge on any atom is -0.426 e. The third-order valence-electron chi connectivity index (χ3n) is 5.86. The molecule has 0 aliphatic heterocycles. The summed E-state index contributed by atoms with van der Waals surface area (Å²) in [6.07, 6.45) is 4.66. The number of ether oxygens (including phenoxy) is 1. The van der Waals surface area contributed by atoms with E-state index >= 15 is 0 Å². The lowest BCUT2D eigenvalue weighted by Gasteiger charge is -2.08. The van der Waals surface area contributed by atoms with Crippen LogP contribution >= 0.6 is 0 Å². The Hall–Kier alpha value is -2.97. The lowest BCUT2D eigenvalue weighted by molar-refractivity contribution is -0.134. The summed E-state index contributed by atoms with van der Waals surface area (Å²) < 4.78 is 37.9. The van der Waals surface area contributed by atoms with E-state index in [4.69, 9.17) is 9.15 Å². The molecule has 33 heavy (non-hydrogen) atoms. The summed E-state index contributed by atoms with van der Waals surface area (Å²) in [5.41, 5.74) is 2.92. The van der Waals surface area contributed by atoms with Gasteiger partial charge in [-0.25, -0.2) is 17.9 Å². The number of hydrogen-bond donors (Lipinski definition) is 1. The standard InChI is InChI=1S/C25H27NO6S/c1-17-9-12-19(13-10-17)33(29,30)26-15-4-2-3-8-24(27)31-18-11-14-21-20-6-5-7-22(20)25(28)32-23(21)16-18/h9-14,16,26H,2-8,15H2,1H3. The minimum atomic E-state index is -3.52. The van der Waals surface area contributed by atoms with Crippen molar-refractivity contribution in [1.29, 1.82) is 0 Å². The SMILES string of the molecule is Cc1ccc(S(=O)(=O)NCCCCCC(=O)Oc2ccc3c4c(c(=O)oc3c2)CCC4)cc1. The fourth-order valence-electron chi connectivity index (χ4n) is 4.09. The molecule has 1 aromatic heterocycles. The second-order valence-corrected chi connectivity index (χ2v) is 10.1. The molecule has 2 aromatic carbocycles. The molecule has 0 radical (unpaired) electrons. The zero-order valence-electron chi connectivity index (χ0n) is 18.6. The number of carbonyl (C=O) groups is 1. The Labute approximate surface area is 192 Å². The fraction of sp³-hybridized carbons (Fsp3) is 0.360. The van der Waals surface area contributed by atoms with Crippen molar-refractivity contribution in [1.82, 2.24) is 4.72 Å². The maximum Gasteiger partial charge on any atom is 0.339 e. The molecule has 0 bridgehead atoms. The van der Waals surface area contributed by atoms with Gasteiger partial charge >= 0.3 is 11.6 Å². The Morgan fingerprint density at radius 2 is 1.79 bits per heavy atom. The van der Waals surface area contributed by atoms with Gasteiger partial charge in [-0.15, -0.1) is 0 Å². The Morgan fingerprint density at radius 1 is 1.03 bits per heavy atom. The van der Waals surface area contributed by atoms with Crippen LogP contribution in [0.15, 0.2) is 56.6 Å². The first-order valence-corrected chi connectivity index (χ1v) is 12.7. The van der Waals surface area contributed by atoms with Crippen molar-refractivity contribution in [3.63, 3.8) is 0 Å².